The summed E-state index contributed by atoms with van der Waals surface area (Å²) in [5.74, 6) is 0. The molecule has 0 atom stereocenters. The minimum absolute atomic E-state index is 0.131. The van der Waals surface area contributed by atoms with Crippen LogP contribution in [0.5, 0.6) is 0 Å². The van der Waals surface area contributed by atoms with E-state index < -0.39 is 0 Å². The van der Waals surface area contributed by atoms with Crippen LogP contribution in [-0.4, -0.2) is 17.2 Å². The molecule has 17 heavy (non-hydrogen) atoms. The molecule has 2 N–H and O–H groups in total. The number of aromatic amines is 2. The minimum atomic E-state index is -0.131. The number of nitriles is 1. The second-order valence-corrected chi connectivity index (χ2v) is 3.80. The molecule has 1 heterocycles. The molecule has 0 unspecified atom stereocenters. The normalized spacial score (nSPS) is 9.88. The molecule has 86 valence electrons. The van der Waals surface area contributed by atoms with Crippen LogP contribution in [0, 0.1) is 11.3 Å². The van der Waals surface area contributed by atoms with Crippen LogP contribution in [0.4, 0.5) is 5.69 Å². The Labute approximate surface area is 98.3 Å². The average molecular weight is 228 g/mol. The van der Waals surface area contributed by atoms with Gasteiger partial charge in [-0.3, -0.25) is 9.89 Å². The number of aromatic nitrogens is 2. The first-order valence-electron chi connectivity index (χ1n) is 5.17. The van der Waals surface area contributed by atoms with E-state index in [1.165, 1.54) is 6.07 Å². The zero-order valence-corrected chi connectivity index (χ0v) is 9.40. The third-order valence-corrected chi connectivity index (χ3v) is 2.50. The Morgan fingerprint density at radius 2 is 2.00 bits per heavy atom. The highest BCUT2D eigenvalue weighted by atomic mass is 16.1. The lowest BCUT2D eigenvalue weighted by molar-refractivity contribution is 0.868. The summed E-state index contributed by atoms with van der Waals surface area (Å²) in [7, 11) is 1.92. The Bertz CT molecular complexity index is 588. The molecule has 1 aromatic carbocycles. The number of benzene rings is 1. The van der Waals surface area contributed by atoms with Gasteiger partial charge >= 0.3 is 0 Å². The van der Waals surface area contributed by atoms with Gasteiger partial charge in [0.25, 0.3) is 5.56 Å². The van der Waals surface area contributed by atoms with Crippen molar-refractivity contribution in [3.63, 3.8) is 0 Å². The Morgan fingerprint density at radius 1 is 1.29 bits per heavy atom. The van der Waals surface area contributed by atoms with Gasteiger partial charge in [-0.25, -0.2) is 0 Å². The predicted molar refractivity (Wildman–Crippen MR) is 64.7 cm³/mol. The molecule has 0 amide bonds. The van der Waals surface area contributed by atoms with Crippen molar-refractivity contribution in [2.75, 3.05) is 11.9 Å². The SMILES string of the molecule is CN(Cc1cc(=O)[nH][nH]1)c1ccc(C#N)cc1. The summed E-state index contributed by atoms with van der Waals surface area (Å²) >= 11 is 0. The molecule has 0 spiro atoms. The van der Waals surface area contributed by atoms with Gasteiger partial charge in [-0.05, 0) is 24.3 Å². The van der Waals surface area contributed by atoms with Crippen molar-refractivity contribution in [2.45, 2.75) is 6.54 Å². The molecule has 2 rings (SSSR count). The van der Waals surface area contributed by atoms with Gasteiger partial charge in [0.2, 0.25) is 0 Å². The molecule has 0 fully saturated rings. The molecule has 1 aromatic heterocycles. The molecule has 0 radical (unpaired) electrons. The van der Waals surface area contributed by atoms with E-state index in [2.05, 4.69) is 16.3 Å². The van der Waals surface area contributed by atoms with Gasteiger partial charge < -0.3 is 10.00 Å². The Kier molecular flexibility index (Phi) is 2.97. The summed E-state index contributed by atoms with van der Waals surface area (Å²) in [5, 5.41) is 14.0. The fourth-order valence-electron chi connectivity index (χ4n) is 1.59. The lowest BCUT2D eigenvalue weighted by atomic mass is 10.2. The maximum Gasteiger partial charge on any atom is 0.264 e. The summed E-state index contributed by atoms with van der Waals surface area (Å²) in [4.78, 5) is 12.9. The van der Waals surface area contributed by atoms with E-state index >= 15 is 0 Å². The molecule has 0 saturated heterocycles. The van der Waals surface area contributed by atoms with Gasteiger partial charge in [-0.2, -0.15) is 5.26 Å². The molecular weight excluding hydrogens is 216 g/mol. The maximum atomic E-state index is 11.0. The second kappa shape index (κ2) is 4.58. The number of anilines is 1. The van der Waals surface area contributed by atoms with E-state index in [0.717, 1.165) is 11.4 Å². The Balaban J connectivity index is 2.11. The molecule has 2 aromatic rings. The van der Waals surface area contributed by atoms with Crippen molar-refractivity contribution in [1.29, 1.82) is 5.26 Å². The number of H-pyrrole nitrogens is 2. The van der Waals surface area contributed by atoms with E-state index in [9.17, 15) is 4.79 Å². The highest BCUT2D eigenvalue weighted by molar-refractivity contribution is 5.49. The zero-order valence-electron chi connectivity index (χ0n) is 9.40. The van der Waals surface area contributed by atoms with E-state index in [-0.39, 0.29) is 5.56 Å². The van der Waals surface area contributed by atoms with Crippen LogP contribution in [0.1, 0.15) is 11.3 Å². The predicted octanol–water partition coefficient (Wildman–Crippen LogP) is 1.21. The van der Waals surface area contributed by atoms with Crippen LogP contribution in [-0.2, 0) is 6.54 Å². The van der Waals surface area contributed by atoms with E-state index in [1.54, 1.807) is 12.1 Å². The lowest BCUT2D eigenvalue weighted by Crippen LogP contribution is -2.16. The largest absolute Gasteiger partial charge is 0.369 e. The van der Waals surface area contributed by atoms with Crippen LogP contribution >= 0.6 is 0 Å². The summed E-state index contributed by atoms with van der Waals surface area (Å²) in [5.41, 5.74) is 2.32. The van der Waals surface area contributed by atoms with Gasteiger partial charge in [0.1, 0.15) is 0 Å². The zero-order chi connectivity index (χ0) is 12.3. The first-order valence-corrected chi connectivity index (χ1v) is 5.17. The van der Waals surface area contributed by atoms with Gasteiger partial charge in [-0.1, -0.05) is 0 Å². The fraction of sp³-hybridized carbons (Fsp3) is 0.167. The van der Waals surface area contributed by atoms with Crippen LogP contribution in [0.15, 0.2) is 35.1 Å². The van der Waals surface area contributed by atoms with Gasteiger partial charge in [0, 0.05) is 18.8 Å². The molecule has 0 aliphatic rings. The standard InChI is InChI=1S/C12H12N4O/c1-16(8-10-6-12(17)15-14-10)11-4-2-9(7-13)3-5-11/h2-6H,8H2,1H3,(H2,14,15,17). The molecule has 0 saturated carbocycles. The van der Waals surface area contributed by atoms with Gasteiger partial charge in [0.15, 0.2) is 0 Å². The van der Waals surface area contributed by atoms with Crippen molar-refractivity contribution in [2.24, 2.45) is 0 Å². The van der Waals surface area contributed by atoms with Crippen molar-refractivity contribution >= 4 is 5.69 Å². The molecule has 0 aliphatic carbocycles. The van der Waals surface area contributed by atoms with Crippen LogP contribution in [0.25, 0.3) is 0 Å². The molecular formula is C12H12N4O. The van der Waals surface area contributed by atoms with E-state index in [4.69, 9.17) is 5.26 Å². The number of nitrogens with one attached hydrogen (secondary N) is 2. The highest BCUT2D eigenvalue weighted by Crippen LogP contribution is 2.14. The smallest absolute Gasteiger partial charge is 0.264 e. The first kappa shape index (κ1) is 11.0. The molecule has 5 heteroatoms. The number of hydrogen-bond acceptors (Lipinski definition) is 3. The average Bonchev–Trinajstić information content (AvgIpc) is 2.75. The van der Waals surface area contributed by atoms with Crippen LogP contribution < -0.4 is 10.5 Å². The molecule has 5 nitrogen and oxygen atoms in total. The van der Waals surface area contributed by atoms with E-state index in [1.807, 2.05) is 24.1 Å². The van der Waals surface area contributed by atoms with Crippen LogP contribution in [0.2, 0.25) is 0 Å². The second-order valence-electron chi connectivity index (χ2n) is 3.80. The highest BCUT2D eigenvalue weighted by Gasteiger charge is 2.03. The summed E-state index contributed by atoms with van der Waals surface area (Å²) < 4.78 is 0. The Morgan fingerprint density at radius 3 is 2.53 bits per heavy atom. The van der Waals surface area contributed by atoms with Crippen LogP contribution in [0.3, 0.4) is 0 Å². The third kappa shape index (κ3) is 2.55. The third-order valence-electron chi connectivity index (χ3n) is 2.50. The van der Waals surface area contributed by atoms with Gasteiger partial charge in [0.05, 0.1) is 23.9 Å². The Hall–Kier alpha value is -2.48. The van der Waals surface area contributed by atoms with Crippen molar-refractivity contribution in [3.8, 4) is 6.07 Å². The minimum Gasteiger partial charge on any atom is -0.369 e. The summed E-state index contributed by atoms with van der Waals surface area (Å²) in [6.07, 6.45) is 0. The van der Waals surface area contributed by atoms with E-state index in [0.29, 0.717) is 12.1 Å². The maximum absolute atomic E-state index is 11.0. The molecule has 0 bridgehead atoms. The summed E-state index contributed by atoms with van der Waals surface area (Å²) in [6.45, 7) is 0.602. The topological polar surface area (TPSA) is 75.7 Å². The lowest BCUT2D eigenvalue weighted by Gasteiger charge is -2.18. The van der Waals surface area contributed by atoms with Crippen molar-refractivity contribution in [3.05, 3.63) is 51.9 Å². The molecule has 0 aliphatic heterocycles. The number of rotatable bonds is 3. The van der Waals surface area contributed by atoms with Gasteiger partial charge in [-0.15, -0.1) is 0 Å². The quantitative estimate of drug-likeness (QED) is 0.829. The monoisotopic (exact) mass is 228 g/mol. The summed E-state index contributed by atoms with van der Waals surface area (Å²) in [6, 6.07) is 10.9. The fourth-order valence-corrected chi connectivity index (χ4v) is 1.59. The first-order chi connectivity index (χ1) is 8.19. The number of nitrogens with zero attached hydrogens (tertiary/aromatic N) is 2. The van der Waals surface area contributed by atoms with Crippen molar-refractivity contribution < 1.29 is 0 Å². The van der Waals surface area contributed by atoms with Crippen molar-refractivity contribution in [1.82, 2.24) is 10.2 Å². The number of hydrogen-bond donors (Lipinski definition) is 2.